The van der Waals surface area contributed by atoms with E-state index in [1.807, 2.05) is 4.68 Å². The van der Waals surface area contributed by atoms with E-state index in [1.54, 1.807) is 24.3 Å². The number of hydrogen-bond donors (Lipinski definition) is 2. The van der Waals surface area contributed by atoms with Gasteiger partial charge in [-0.05, 0) is 61.4 Å². The van der Waals surface area contributed by atoms with Crippen molar-refractivity contribution in [3.8, 4) is 22.8 Å². The molecule has 1 aliphatic heterocycles. The second kappa shape index (κ2) is 8.82. The number of halogens is 3. The highest BCUT2D eigenvalue weighted by molar-refractivity contribution is 6.00. The summed E-state index contributed by atoms with van der Waals surface area (Å²) in [7, 11) is 0. The lowest BCUT2D eigenvalue weighted by molar-refractivity contribution is -0.274. The average molecular weight is 471 g/mol. The number of aromatic hydroxyl groups is 1. The number of nitrogens with zero attached hydrogens (tertiary/aromatic N) is 4. The Balaban J connectivity index is 1.61. The molecule has 1 fully saturated rings. The maximum atomic E-state index is 12.6. The van der Waals surface area contributed by atoms with Crippen molar-refractivity contribution in [3.05, 3.63) is 54.9 Å². The first-order chi connectivity index (χ1) is 16.4. The Labute approximate surface area is 192 Å². The zero-order valence-corrected chi connectivity index (χ0v) is 17.8. The Kier molecular flexibility index (Phi) is 5.70. The predicted molar refractivity (Wildman–Crippen MR) is 118 cm³/mol. The molecule has 34 heavy (non-hydrogen) atoms. The van der Waals surface area contributed by atoms with E-state index < -0.39 is 6.36 Å². The molecule has 0 radical (unpaired) electrons. The van der Waals surface area contributed by atoms with Crippen molar-refractivity contribution in [2.24, 2.45) is 0 Å². The molecule has 176 valence electrons. The van der Waals surface area contributed by atoms with Crippen LogP contribution in [0.1, 0.15) is 18.9 Å². The fraction of sp³-hybridized carbons (Fsp3) is 0.261. The largest absolute Gasteiger partial charge is 0.573 e. The molecule has 1 aliphatic rings. The van der Waals surface area contributed by atoms with E-state index in [0.717, 1.165) is 12.8 Å². The fourth-order valence-electron chi connectivity index (χ4n) is 3.95. The third-order valence-corrected chi connectivity index (χ3v) is 5.52. The molecule has 0 aliphatic carbocycles. The first-order valence-electron chi connectivity index (χ1n) is 10.6. The molecule has 0 atom stereocenters. The van der Waals surface area contributed by atoms with Crippen LogP contribution in [0.15, 0.2) is 54.9 Å². The molecule has 2 aromatic carbocycles. The van der Waals surface area contributed by atoms with Crippen molar-refractivity contribution in [1.29, 1.82) is 0 Å². The molecule has 0 amide bonds. The number of fused-ring (bicyclic) bond motifs is 1. The zero-order valence-electron chi connectivity index (χ0n) is 17.8. The van der Waals surface area contributed by atoms with Gasteiger partial charge in [0, 0.05) is 24.5 Å². The molecule has 0 bridgehead atoms. The molecular weight excluding hydrogens is 451 g/mol. The summed E-state index contributed by atoms with van der Waals surface area (Å²) >= 11 is 0. The Bertz CT molecular complexity index is 1280. The van der Waals surface area contributed by atoms with Gasteiger partial charge in [-0.15, -0.1) is 13.2 Å². The Morgan fingerprint density at radius 3 is 2.38 bits per heavy atom. The highest BCUT2D eigenvalue weighted by atomic mass is 19.4. The summed E-state index contributed by atoms with van der Waals surface area (Å²) in [6.45, 7) is 1.21. The van der Waals surface area contributed by atoms with Crippen LogP contribution in [0.5, 0.6) is 11.5 Å². The van der Waals surface area contributed by atoms with E-state index in [4.69, 9.17) is 9.84 Å². The lowest BCUT2D eigenvalue weighted by Gasteiger charge is -2.22. The Morgan fingerprint density at radius 1 is 1.00 bits per heavy atom. The van der Waals surface area contributed by atoms with Crippen molar-refractivity contribution >= 4 is 22.5 Å². The third kappa shape index (κ3) is 4.60. The van der Waals surface area contributed by atoms with Gasteiger partial charge in [-0.1, -0.05) is 0 Å². The van der Waals surface area contributed by atoms with Crippen LogP contribution >= 0.6 is 0 Å². The van der Waals surface area contributed by atoms with Gasteiger partial charge in [0.2, 0.25) is 0 Å². The molecule has 4 aromatic rings. The van der Waals surface area contributed by atoms with Gasteiger partial charge in [0.05, 0.1) is 11.4 Å². The number of phenols is 1. The first kappa shape index (κ1) is 22.0. The minimum absolute atomic E-state index is 0.0641. The summed E-state index contributed by atoms with van der Waals surface area (Å²) in [6, 6.07) is 12.1. The average Bonchev–Trinajstić information content (AvgIpc) is 3.21. The molecular formula is C23H20F3N5O3. The standard InChI is InChI=1S/C23H20F3N5O3/c24-23(25,26)34-18-7-1-14(2-8-18)20-19-21(29-15-3-5-17(32)6-4-15)27-13-28-22(19)31(30-20)16-9-11-33-12-10-16/h1-8,13,16,32H,9-12H2,(H,27,28,29). The lowest BCUT2D eigenvalue weighted by Crippen LogP contribution is -2.20. The van der Waals surface area contributed by atoms with Gasteiger partial charge in [0.25, 0.3) is 0 Å². The van der Waals surface area contributed by atoms with Gasteiger partial charge in [-0.3, -0.25) is 0 Å². The number of phenolic OH excluding ortho intramolecular Hbond substituents is 1. The fourth-order valence-corrected chi connectivity index (χ4v) is 3.95. The minimum Gasteiger partial charge on any atom is -0.508 e. The molecule has 1 saturated heterocycles. The quantitative estimate of drug-likeness (QED) is 0.387. The van der Waals surface area contributed by atoms with Crippen LogP contribution in [0, 0.1) is 0 Å². The predicted octanol–water partition coefficient (Wildman–Crippen LogP) is 5.19. The monoisotopic (exact) mass is 471 g/mol. The Hall–Kier alpha value is -3.86. The highest BCUT2D eigenvalue weighted by Gasteiger charge is 2.31. The molecule has 11 heteroatoms. The number of nitrogens with one attached hydrogen (secondary N) is 1. The summed E-state index contributed by atoms with van der Waals surface area (Å²) in [6.07, 6.45) is -1.81. The summed E-state index contributed by atoms with van der Waals surface area (Å²) < 4.78 is 49.1. The summed E-state index contributed by atoms with van der Waals surface area (Å²) in [5.74, 6) is 0.301. The van der Waals surface area contributed by atoms with Crippen LogP contribution in [0.4, 0.5) is 24.7 Å². The van der Waals surface area contributed by atoms with Crippen molar-refractivity contribution in [2.75, 3.05) is 18.5 Å². The van der Waals surface area contributed by atoms with Gasteiger partial charge in [-0.25, -0.2) is 14.6 Å². The van der Waals surface area contributed by atoms with Crippen LogP contribution in [-0.2, 0) is 4.74 Å². The maximum absolute atomic E-state index is 12.6. The third-order valence-electron chi connectivity index (χ3n) is 5.52. The number of anilines is 2. The van der Waals surface area contributed by atoms with Gasteiger partial charge < -0.3 is 19.9 Å². The van der Waals surface area contributed by atoms with Crippen molar-refractivity contribution < 1.29 is 27.8 Å². The molecule has 8 nitrogen and oxygen atoms in total. The second-order valence-corrected chi connectivity index (χ2v) is 7.80. The number of rotatable bonds is 5. The van der Waals surface area contributed by atoms with E-state index in [2.05, 4.69) is 20.0 Å². The topological polar surface area (TPSA) is 94.3 Å². The van der Waals surface area contributed by atoms with Gasteiger partial charge in [0.15, 0.2) is 5.65 Å². The summed E-state index contributed by atoms with van der Waals surface area (Å²) in [5, 5.41) is 18.3. The highest BCUT2D eigenvalue weighted by Crippen LogP contribution is 2.36. The number of alkyl halides is 3. The van der Waals surface area contributed by atoms with Crippen molar-refractivity contribution in [2.45, 2.75) is 25.2 Å². The number of ether oxygens (including phenoxy) is 2. The molecule has 5 rings (SSSR count). The summed E-state index contributed by atoms with van der Waals surface area (Å²) in [5.41, 5.74) is 2.42. The van der Waals surface area contributed by atoms with E-state index in [1.165, 1.54) is 30.6 Å². The number of benzene rings is 2. The van der Waals surface area contributed by atoms with Gasteiger partial charge in [-0.2, -0.15) is 5.10 Å². The smallest absolute Gasteiger partial charge is 0.508 e. The lowest BCUT2D eigenvalue weighted by atomic mass is 10.1. The Morgan fingerprint density at radius 2 is 1.71 bits per heavy atom. The molecule has 2 aromatic heterocycles. The SMILES string of the molecule is Oc1ccc(Nc2ncnc3c2c(-c2ccc(OC(F)(F)F)cc2)nn3C2CCOCC2)cc1. The molecule has 0 spiro atoms. The van der Waals surface area contributed by atoms with E-state index in [9.17, 15) is 18.3 Å². The maximum Gasteiger partial charge on any atom is 0.573 e. The number of hydrogen-bond acceptors (Lipinski definition) is 7. The second-order valence-electron chi connectivity index (χ2n) is 7.80. The van der Waals surface area contributed by atoms with Crippen LogP contribution in [0.2, 0.25) is 0 Å². The molecule has 0 unspecified atom stereocenters. The number of aromatic nitrogens is 4. The first-order valence-corrected chi connectivity index (χ1v) is 10.6. The van der Waals surface area contributed by atoms with Crippen LogP contribution in [-0.4, -0.2) is 44.4 Å². The minimum atomic E-state index is -4.77. The van der Waals surface area contributed by atoms with E-state index in [-0.39, 0.29) is 17.5 Å². The molecule has 0 saturated carbocycles. The van der Waals surface area contributed by atoms with Crippen LogP contribution < -0.4 is 10.1 Å². The van der Waals surface area contributed by atoms with Crippen molar-refractivity contribution in [1.82, 2.24) is 19.7 Å². The van der Waals surface area contributed by atoms with Crippen molar-refractivity contribution in [3.63, 3.8) is 0 Å². The van der Waals surface area contributed by atoms with Gasteiger partial charge >= 0.3 is 6.36 Å². The van der Waals surface area contributed by atoms with E-state index in [0.29, 0.717) is 47.0 Å². The zero-order chi connectivity index (χ0) is 23.7. The van der Waals surface area contributed by atoms with Crippen LogP contribution in [0.3, 0.4) is 0 Å². The van der Waals surface area contributed by atoms with Gasteiger partial charge in [0.1, 0.15) is 29.3 Å². The molecule has 3 heterocycles. The molecule has 2 N–H and O–H groups in total. The summed E-state index contributed by atoms with van der Waals surface area (Å²) in [4.78, 5) is 8.88. The van der Waals surface area contributed by atoms with E-state index >= 15 is 0 Å². The van der Waals surface area contributed by atoms with Crippen LogP contribution in [0.25, 0.3) is 22.3 Å². The normalized spacial score (nSPS) is 14.9.